The summed E-state index contributed by atoms with van der Waals surface area (Å²) < 4.78 is 0. The van der Waals surface area contributed by atoms with Crippen LogP contribution < -0.4 is 0 Å². The summed E-state index contributed by atoms with van der Waals surface area (Å²) in [6, 6.07) is 0. The van der Waals surface area contributed by atoms with E-state index in [9.17, 15) is 25.2 Å². The Morgan fingerprint density at radius 1 is 0.662 bits per heavy atom. The molecule has 9 aliphatic carbocycles. The molecule has 368 valence electrons. The van der Waals surface area contributed by atoms with Crippen LogP contribution in [0, 0.1) is 89.7 Å². The predicted molar refractivity (Wildman–Crippen MR) is 267 cm³/mol. The molecule has 65 heavy (non-hydrogen) atoms. The first-order chi connectivity index (χ1) is 29.9. The predicted octanol–water partition coefficient (Wildman–Crippen LogP) is 14.7. The molecule has 0 bridgehead atoms. The Morgan fingerprint density at radius 3 is 1.95 bits per heavy atom. The lowest BCUT2D eigenvalue weighted by Gasteiger charge is -2.71. The molecule has 6 saturated carbocycles. The fourth-order valence-electron chi connectivity index (χ4n) is 20.2. The third-order valence-electron chi connectivity index (χ3n) is 24.7. The molecule has 0 amide bonds. The van der Waals surface area contributed by atoms with Crippen LogP contribution in [-0.2, 0) is 4.79 Å². The van der Waals surface area contributed by atoms with E-state index < -0.39 is 17.5 Å². The number of aliphatic hydroxyl groups excluding tert-OH is 3. The molecule has 0 radical (unpaired) electrons. The summed E-state index contributed by atoms with van der Waals surface area (Å²) in [4.78, 5) is 12.8. The lowest BCUT2D eigenvalue weighted by Crippen LogP contribution is -2.67. The standard InChI is InChI=1S/C30H48O4.C30H50O/c1-25(2)14-15-30(24(33)34)19(16-25)18-8-9-21-27(5)12-11-22(31)26(3,4)20(27)10-13-28(21,6)29(18,7)17-23(30)32;1-20(2)10-9-11-21(3)22-14-18-30(8)24-12-13-25-27(4,5)26(31)16-17-28(25,6)23(24)15-19-29(22,30)7/h8,19-23,31-32H,9-17H2,1-7H3,(H,33,34);10,21-22,25-26,31H,9,11-19H2,1-8H3. The minimum absolute atomic E-state index is 0.0218. The summed E-state index contributed by atoms with van der Waals surface area (Å²) in [5.74, 6) is 2.41. The average molecular weight is 899 g/mol. The zero-order chi connectivity index (χ0) is 47.9. The Labute approximate surface area is 397 Å². The molecule has 0 aromatic carbocycles. The van der Waals surface area contributed by atoms with E-state index in [1.54, 1.807) is 0 Å². The number of hydrogen-bond donors (Lipinski definition) is 4. The van der Waals surface area contributed by atoms with Gasteiger partial charge in [0.15, 0.2) is 0 Å². The molecule has 0 aromatic heterocycles. The minimum Gasteiger partial charge on any atom is -0.481 e. The summed E-state index contributed by atoms with van der Waals surface area (Å²) in [7, 11) is 0. The third kappa shape index (κ3) is 6.96. The Kier molecular flexibility index (Phi) is 12.3. The van der Waals surface area contributed by atoms with Crippen LogP contribution in [0.1, 0.15) is 226 Å². The maximum atomic E-state index is 12.8. The summed E-state index contributed by atoms with van der Waals surface area (Å²) in [5.41, 5.74) is 6.70. The zero-order valence-electron chi connectivity index (χ0n) is 44.5. The first-order valence-electron chi connectivity index (χ1n) is 27.3. The van der Waals surface area contributed by atoms with Crippen LogP contribution in [0.2, 0.25) is 0 Å². The molecule has 16 unspecified atom stereocenters. The van der Waals surface area contributed by atoms with Crippen molar-refractivity contribution in [3.8, 4) is 0 Å². The van der Waals surface area contributed by atoms with E-state index >= 15 is 0 Å². The van der Waals surface area contributed by atoms with Crippen LogP contribution in [0.4, 0.5) is 0 Å². The maximum Gasteiger partial charge on any atom is 0.312 e. The van der Waals surface area contributed by atoms with E-state index in [1.807, 2.05) is 11.1 Å². The van der Waals surface area contributed by atoms with Gasteiger partial charge in [-0.3, -0.25) is 4.79 Å². The van der Waals surface area contributed by atoms with Crippen molar-refractivity contribution < 1.29 is 25.2 Å². The summed E-state index contributed by atoms with van der Waals surface area (Å²) >= 11 is 0. The molecule has 6 fully saturated rings. The molecular formula is C60H98O5. The van der Waals surface area contributed by atoms with Crippen molar-refractivity contribution in [1.29, 1.82) is 0 Å². The van der Waals surface area contributed by atoms with Gasteiger partial charge in [0.1, 0.15) is 5.41 Å². The lowest BCUT2D eigenvalue weighted by molar-refractivity contribution is -0.218. The fourth-order valence-corrected chi connectivity index (χ4v) is 20.2. The van der Waals surface area contributed by atoms with Crippen molar-refractivity contribution in [2.24, 2.45) is 89.7 Å². The number of carboxylic acids is 1. The average Bonchev–Trinajstić information content (AvgIpc) is 3.49. The smallest absolute Gasteiger partial charge is 0.312 e. The highest BCUT2D eigenvalue weighted by atomic mass is 16.4. The molecular weight excluding hydrogens is 801 g/mol. The van der Waals surface area contributed by atoms with Crippen LogP contribution in [0.25, 0.3) is 0 Å². The van der Waals surface area contributed by atoms with Gasteiger partial charge in [-0.25, -0.2) is 0 Å². The maximum absolute atomic E-state index is 12.8. The molecule has 5 nitrogen and oxygen atoms in total. The van der Waals surface area contributed by atoms with Gasteiger partial charge in [0, 0.05) is 0 Å². The second-order valence-corrected chi connectivity index (χ2v) is 28.7. The third-order valence-corrected chi connectivity index (χ3v) is 24.7. The molecule has 4 N–H and O–H groups in total. The van der Waals surface area contributed by atoms with Crippen LogP contribution in [-0.4, -0.2) is 44.7 Å². The number of carboxylic acid groups (broad SMARTS) is 1. The molecule has 0 spiro atoms. The molecule has 0 aliphatic heterocycles. The number of aliphatic hydroxyl groups is 3. The van der Waals surface area contributed by atoms with E-state index in [0.29, 0.717) is 46.8 Å². The van der Waals surface area contributed by atoms with Crippen molar-refractivity contribution in [3.05, 3.63) is 34.4 Å². The number of hydrogen-bond acceptors (Lipinski definition) is 4. The second-order valence-electron chi connectivity index (χ2n) is 28.7. The topological polar surface area (TPSA) is 98.0 Å². The quantitative estimate of drug-likeness (QED) is 0.206. The number of fused-ring (bicyclic) bond motifs is 11. The highest BCUT2D eigenvalue weighted by molar-refractivity contribution is 5.77. The summed E-state index contributed by atoms with van der Waals surface area (Å²) in [6.45, 7) is 36.0. The SMILES string of the molecule is CC(C)=CCCC(C)C1CCC2(C)C3=C(CCC12C)C1(C)CCC(O)C(C)(C)C1CC3.CC1(C)CCC2(C(=O)O)C(O)CC3(C)C(=CCC4C5(C)CCC(O)C(C)(C)C5CCC43C)C2C1. The lowest BCUT2D eigenvalue weighted by atomic mass is 9.33. The highest BCUT2D eigenvalue weighted by Gasteiger charge is 2.71. The van der Waals surface area contributed by atoms with Crippen molar-refractivity contribution in [2.75, 3.05) is 0 Å². The van der Waals surface area contributed by atoms with Crippen LogP contribution in [0.15, 0.2) is 34.4 Å². The first kappa shape index (κ1) is 50.0. The Balaban J connectivity index is 0.000000178. The fraction of sp³-hybridized carbons (Fsp3) is 0.883. The molecule has 0 saturated heterocycles. The van der Waals surface area contributed by atoms with Gasteiger partial charge in [0.25, 0.3) is 0 Å². The van der Waals surface area contributed by atoms with Gasteiger partial charge < -0.3 is 20.4 Å². The monoisotopic (exact) mass is 899 g/mol. The van der Waals surface area contributed by atoms with Crippen LogP contribution in [0.3, 0.4) is 0 Å². The van der Waals surface area contributed by atoms with Crippen molar-refractivity contribution in [3.63, 3.8) is 0 Å². The molecule has 5 heteroatoms. The number of aliphatic carboxylic acids is 1. The van der Waals surface area contributed by atoms with Crippen molar-refractivity contribution in [2.45, 2.75) is 244 Å². The van der Waals surface area contributed by atoms with Crippen LogP contribution >= 0.6 is 0 Å². The van der Waals surface area contributed by atoms with Gasteiger partial charge in [-0.15, -0.1) is 0 Å². The largest absolute Gasteiger partial charge is 0.481 e. The van der Waals surface area contributed by atoms with Gasteiger partial charge >= 0.3 is 5.97 Å². The van der Waals surface area contributed by atoms with Gasteiger partial charge in [-0.1, -0.05) is 124 Å². The summed E-state index contributed by atoms with van der Waals surface area (Å²) in [5, 5.41) is 43.9. The van der Waals surface area contributed by atoms with Gasteiger partial charge in [0.05, 0.1) is 18.3 Å². The van der Waals surface area contributed by atoms with E-state index in [4.69, 9.17) is 0 Å². The van der Waals surface area contributed by atoms with Gasteiger partial charge in [-0.05, 0) is 220 Å². The first-order valence-corrected chi connectivity index (χ1v) is 27.3. The molecule has 16 atom stereocenters. The van der Waals surface area contributed by atoms with E-state index in [-0.39, 0.29) is 50.6 Å². The minimum atomic E-state index is -1.04. The zero-order valence-corrected chi connectivity index (χ0v) is 44.5. The normalized spacial score (nSPS) is 49.4. The number of allylic oxidation sites excluding steroid dienone is 6. The number of carbonyl (C=O) groups is 1. The van der Waals surface area contributed by atoms with Gasteiger partial charge in [0.2, 0.25) is 0 Å². The Morgan fingerprint density at radius 2 is 1.31 bits per heavy atom. The van der Waals surface area contributed by atoms with E-state index in [0.717, 1.165) is 63.2 Å². The van der Waals surface area contributed by atoms with Gasteiger partial charge in [-0.2, -0.15) is 0 Å². The summed E-state index contributed by atoms with van der Waals surface area (Å²) in [6.07, 6.45) is 24.5. The van der Waals surface area contributed by atoms with Crippen LogP contribution in [0.5, 0.6) is 0 Å². The Hall–Kier alpha value is -1.43. The second kappa shape index (κ2) is 16.0. The van der Waals surface area contributed by atoms with E-state index in [2.05, 4.69) is 116 Å². The number of rotatable bonds is 5. The Bertz CT molecular complexity index is 1960. The highest BCUT2D eigenvalue weighted by Crippen LogP contribution is 2.77. The van der Waals surface area contributed by atoms with Crippen molar-refractivity contribution >= 4 is 5.97 Å². The molecule has 0 aromatic rings. The van der Waals surface area contributed by atoms with E-state index in [1.165, 1.54) is 68.9 Å². The van der Waals surface area contributed by atoms with Crippen molar-refractivity contribution in [1.82, 2.24) is 0 Å². The molecule has 9 rings (SSSR count). The molecule has 0 heterocycles. The molecule has 9 aliphatic rings.